The third kappa shape index (κ3) is 3.12. The minimum Gasteiger partial charge on any atom is -0.311 e. The minimum atomic E-state index is 0.868. The first-order valence-electron chi connectivity index (χ1n) is 12.2. The maximum absolute atomic E-state index is 5.04. The lowest BCUT2D eigenvalue weighted by molar-refractivity contribution is 1.11. The van der Waals surface area contributed by atoms with E-state index in [4.69, 9.17) is 4.98 Å². The van der Waals surface area contributed by atoms with Crippen molar-refractivity contribution in [2.45, 2.75) is 6.42 Å². The molecule has 2 aromatic heterocycles. The zero-order valence-electron chi connectivity index (χ0n) is 19.8. The fourth-order valence-corrected chi connectivity index (χ4v) is 5.24. The Balaban J connectivity index is 1.54. The quantitative estimate of drug-likeness (QED) is 0.262. The maximum atomic E-state index is 5.04. The zero-order valence-corrected chi connectivity index (χ0v) is 19.8. The van der Waals surface area contributed by atoms with Crippen LogP contribution in [0.3, 0.4) is 0 Å². The van der Waals surface area contributed by atoms with E-state index in [0.29, 0.717) is 0 Å². The van der Waals surface area contributed by atoms with E-state index in [9.17, 15) is 0 Å². The molecule has 0 spiro atoms. The topological polar surface area (TPSA) is 25.5 Å². The van der Waals surface area contributed by atoms with Gasteiger partial charge in [0.05, 0.1) is 22.1 Å². The van der Waals surface area contributed by atoms with Gasteiger partial charge in [0.25, 0.3) is 0 Å². The van der Waals surface area contributed by atoms with Crippen molar-refractivity contribution in [2.24, 2.45) is 0 Å². The zero-order chi connectivity index (χ0) is 24.1. The van der Waals surface area contributed by atoms with Gasteiger partial charge in [0.1, 0.15) is 0 Å². The number of hydrogen-bond donors (Lipinski definition) is 0. The van der Waals surface area contributed by atoms with Crippen LogP contribution >= 0.6 is 0 Å². The molecule has 0 atom stereocenters. The van der Waals surface area contributed by atoms with E-state index in [1.165, 1.54) is 5.56 Å². The Kier molecular flexibility index (Phi) is 4.64. The highest BCUT2D eigenvalue weighted by atomic mass is 15.2. The van der Waals surface area contributed by atoms with Gasteiger partial charge < -0.3 is 4.90 Å². The molecule has 3 heterocycles. The standard InChI is InChI=1S/C32H24N4/c1-23-12-4-2-5-13-24-14-8-10-18-28(24)34(23)26-20-21-30-31(22-26)36-29-19-11-9-17-27(29)33-32(36)35(30)25-15-6-3-7-16-25/h2-12,14-22H,1,13H2/b5-2-,12-4-. The van der Waals surface area contributed by atoms with E-state index in [1.807, 2.05) is 12.1 Å². The number of allylic oxidation sites excluding steroid dienone is 4. The summed E-state index contributed by atoms with van der Waals surface area (Å²) in [6, 6.07) is 34.0. The molecular formula is C32H24N4. The molecule has 4 aromatic carbocycles. The Labute approximate surface area is 209 Å². The lowest BCUT2D eigenvalue weighted by atomic mass is 10.1. The van der Waals surface area contributed by atoms with Crippen LogP contribution in [0.15, 0.2) is 134 Å². The predicted octanol–water partition coefficient (Wildman–Crippen LogP) is 7.75. The number of imidazole rings is 2. The van der Waals surface area contributed by atoms with Gasteiger partial charge >= 0.3 is 0 Å². The Hall–Kier alpha value is -4.83. The monoisotopic (exact) mass is 464 g/mol. The summed E-state index contributed by atoms with van der Waals surface area (Å²) in [6.07, 6.45) is 9.28. The van der Waals surface area contributed by atoms with Gasteiger partial charge in [-0.25, -0.2) is 4.98 Å². The summed E-state index contributed by atoms with van der Waals surface area (Å²) in [5.41, 5.74) is 9.77. The van der Waals surface area contributed by atoms with E-state index >= 15 is 0 Å². The number of nitrogens with zero attached hydrogens (tertiary/aromatic N) is 4. The van der Waals surface area contributed by atoms with Crippen LogP contribution in [0.1, 0.15) is 5.56 Å². The van der Waals surface area contributed by atoms with Gasteiger partial charge in [0.15, 0.2) is 0 Å². The Bertz CT molecular complexity index is 1830. The van der Waals surface area contributed by atoms with Crippen LogP contribution in [-0.4, -0.2) is 14.0 Å². The number of fused-ring (bicyclic) bond motifs is 6. The molecule has 0 radical (unpaired) electrons. The fraction of sp³-hybridized carbons (Fsp3) is 0.0312. The fourth-order valence-electron chi connectivity index (χ4n) is 5.24. The molecule has 7 rings (SSSR count). The molecule has 4 heteroatoms. The molecule has 4 nitrogen and oxygen atoms in total. The second-order valence-electron chi connectivity index (χ2n) is 9.03. The highest BCUT2D eigenvalue weighted by Gasteiger charge is 2.20. The number of para-hydroxylation sites is 4. The molecule has 0 aliphatic carbocycles. The van der Waals surface area contributed by atoms with Crippen molar-refractivity contribution in [3.05, 3.63) is 139 Å². The van der Waals surface area contributed by atoms with Crippen molar-refractivity contribution in [2.75, 3.05) is 4.90 Å². The summed E-state index contributed by atoms with van der Waals surface area (Å²) in [7, 11) is 0. The van der Waals surface area contributed by atoms with Gasteiger partial charge in [-0.3, -0.25) is 8.97 Å². The van der Waals surface area contributed by atoms with Crippen molar-refractivity contribution >= 4 is 39.2 Å². The predicted molar refractivity (Wildman–Crippen MR) is 149 cm³/mol. The second-order valence-corrected chi connectivity index (χ2v) is 9.03. The molecule has 0 fully saturated rings. The van der Waals surface area contributed by atoms with Crippen LogP contribution < -0.4 is 4.90 Å². The highest BCUT2D eigenvalue weighted by molar-refractivity contribution is 5.94. The molecule has 172 valence electrons. The van der Waals surface area contributed by atoms with E-state index in [2.05, 4.69) is 130 Å². The van der Waals surface area contributed by atoms with Gasteiger partial charge in [0.2, 0.25) is 5.78 Å². The van der Waals surface area contributed by atoms with Gasteiger partial charge in [-0.2, -0.15) is 0 Å². The first-order chi connectivity index (χ1) is 17.8. The van der Waals surface area contributed by atoms with Crippen LogP contribution in [0.2, 0.25) is 0 Å². The molecule has 1 aliphatic rings. The van der Waals surface area contributed by atoms with Crippen molar-refractivity contribution in [1.29, 1.82) is 0 Å². The number of aromatic nitrogens is 3. The Morgan fingerprint density at radius 1 is 0.694 bits per heavy atom. The van der Waals surface area contributed by atoms with Crippen LogP contribution in [0, 0.1) is 0 Å². The summed E-state index contributed by atoms with van der Waals surface area (Å²) in [6.45, 7) is 4.43. The molecule has 0 saturated carbocycles. The molecule has 0 amide bonds. The van der Waals surface area contributed by atoms with E-state index in [-0.39, 0.29) is 0 Å². The molecule has 36 heavy (non-hydrogen) atoms. The summed E-state index contributed by atoms with van der Waals surface area (Å²) in [5.74, 6) is 0.905. The highest BCUT2D eigenvalue weighted by Crippen LogP contribution is 2.37. The van der Waals surface area contributed by atoms with Crippen molar-refractivity contribution in [1.82, 2.24) is 14.0 Å². The number of hydrogen-bond acceptors (Lipinski definition) is 2. The summed E-state index contributed by atoms with van der Waals surface area (Å²) >= 11 is 0. The molecule has 0 bridgehead atoms. The van der Waals surface area contributed by atoms with Gasteiger partial charge in [0, 0.05) is 22.8 Å². The van der Waals surface area contributed by atoms with E-state index in [0.717, 1.165) is 57.0 Å². The third-order valence-corrected chi connectivity index (χ3v) is 6.85. The molecule has 0 unspecified atom stereocenters. The van der Waals surface area contributed by atoms with Crippen molar-refractivity contribution in [3.63, 3.8) is 0 Å². The van der Waals surface area contributed by atoms with Crippen LogP contribution in [0.25, 0.3) is 33.5 Å². The maximum Gasteiger partial charge on any atom is 0.220 e. The largest absolute Gasteiger partial charge is 0.311 e. The minimum absolute atomic E-state index is 0.868. The average Bonchev–Trinajstić information content (AvgIpc) is 3.46. The number of anilines is 2. The van der Waals surface area contributed by atoms with Crippen LogP contribution in [-0.2, 0) is 6.42 Å². The molecule has 1 aliphatic heterocycles. The summed E-state index contributed by atoms with van der Waals surface area (Å²) in [4.78, 5) is 7.29. The normalized spacial score (nSPS) is 15.6. The smallest absolute Gasteiger partial charge is 0.220 e. The molecule has 0 saturated heterocycles. The second kappa shape index (κ2) is 8.14. The third-order valence-electron chi connectivity index (χ3n) is 6.85. The van der Waals surface area contributed by atoms with Gasteiger partial charge in [-0.1, -0.05) is 73.3 Å². The van der Waals surface area contributed by atoms with Crippen molar-refractivity contribution < 1.29 is 0 Å². The summed E-state index contributed by atoms with van der Waals surface area (Å²) in [5, 5.41) is 0. The van der Waals surface area contributed by atoms with Gasteiger partial charge in [-0.05, 0) is 66.6 Å². The van der Waals surface area contributed by atoms with Gasteiger partial charge in [-0.15, -0.1) is 0 Å². The molecular weight excluding hydrogens is 440 g/mol. The first kappa shape index (κ1) is 20.5. The van der Waals surface area contributed by atoms with Crippen LogP contribution in [0.4, 0.5) is 11.4 Å². The average molecular weight is 465 g/mol. The Morgan fingerprint density at radius 2 is 1.50 bits per heavy atom. The summed E-state index contributed by atoms with van der Waals surface area (Å²) < 4.78 is 4.51. The Morgan fingerprint density at radius 3 is 2.42 bits per heavy atom. The van der Waals surface area contributed by atoms with Crippen LogP contribution in [0.5, 0.6) is 0 Å². The molecule has 0 N–H and O–H groups in total. The van der Waals surface area contributed by atoms with E-state index < -0.39 is 0 Å². The molecule has 6 aromatic rings. The SMILES string of the molecule is C=C1/C=C\C=C/Cc2ccccc2N1c1ccc2c(c1)n1c3ccccc3nc1n2-c1ccccc1. The number of rotatable bonds is 2. The lowest BCUT2D eigenvalue weighted by Crippen LogP contribution is -2.16. The first-order valence-corrected chi connectivity index (χ1v) is 12.2. The van der Waals surface area contributed by atoms with E-state index in [1.54, 1.807) is 0 Å². The lowest BCUT2D eigenvalue weighted by Gasteiger charge is -2.27. The number of benzene rings is 4. The van der Waals surface area contributed by atoms with Crippen molar-refractivity contribution in [3.8, 4) is 5.69 Å².